The van der Waals surface area contributed by atoms with Crippen molar-refractivity contribution < 1.29 is 14.6 Å². The maximum atomic E-state index is 9.86. The van der Waals surface area contributed by atoms with Gasteiger partial charge in [-0.25, -0.2) is 0 Å². The van der Waals surface area contributed by atoms with E-state index in [1.165, 1.54) is 5.56 Å². The highest BCUT2D eigenvalue weighted by Crippen LogP contribution is 2.31. The molecule has 2 rings (SSSR count). The van der Waals surface area contributed by atoms with Crippen LogP contribution in [0.15, 0.2) is 18.2 Å². The Morgan fingerprint density at radius 3 is 3.00 bits per heavy atom. The van der Waals surface area contributed by atoms with Crippen molar-refractivity contribution in [3.8, 4) is 5.75 Å². The number of aliphatic hydroxyl groups excluding tert-OH is 1. The Hall–Kier alpha value is -1.06. The smallest absolute Gasteiger partial charge is 0.119 e. The number of aliphatic hydroxyl groups is 1. The maximum Gasteiger partial charge on any atom is 0.119 e. The van der Waals surface area contributed by atoms with E-state index in [-0.39, 0.29) is 6.10 Å². The van der Waals surface area contributed by atoms with Crippen molar-refractivity contribution in [2.45, 2.75) is 38.7 Å². The van der Waals surface area contributed by atoms with Gasteiger partial charge in [0.25, 0.3) is 0 Å². The second-order valence-corrected chi connectivity index (χ2v) is 4.73. The molecule has 0 radical (unpaired) electrons. The third-order valence-electron chi connectivity index (χ3n) is 3.24. The summed E-state index contributed by atoms with van der Waals surface area (Å²) in [4.78, 5) is 0. The fraction of sp³-hybridized carbons (Fsp3) is 0.600. The minimum atomic E-state index is -0.296. The third-order valence-corrected chi connectivity index (χ3v) is 3.24. The number of fused-ring (bicyclic) bond motifs is 1. The van der Waals surface area contributed by atoms with Gasteiger partial charge in [0.05, 0.1) is 12.7 Å². The first kappa shape index (κ1) is 13.4. The monoisotopic (exact) mass is 250 g/mol. The Labute approximate surface area is 109 Å². The highest BCUT2D eigenvalue weighted by molar-refractivity contribution is 5.38. The molecule has 0 saturated carbocycles. The summed E-state index contributed by atoms with van der Waals surface area (Å²) in [5.74, 6) is 0.878. The number of ether oxygens (including phenoxy) is 2. The molecule has 100 valence electrons. The number of hydrogen-bond donors (Lipinski definition) is 1. The molecule has 18 heavy (non-hydrogen) atoms. The lowest BCUT2D eigenvalue weighted by Crippen LogP contribution is -2.10. The minimum Gasteiger partial charge on any atom is -0.491 e. The summed E-state index contributed by atoms with van der Waals surface area (Å²) in [5, 5.41) is 9.86. The van der Waals surface area contributed by atoms with Crippen molar-refractivity contribution in [3.63, 3.8) is 0 Å². The Balaban J connectivity index is 1.87. The van der Waals surface area contributed by atoms with E-state index >= 15 is 0 Å². The predicted molar refractivity (Wildman–Crippen MR) is 70.9 cm³/mol. The number of aryl methyl sites for hydroxylation is 1. The number of rotatable bonds is 6. The van der Waals surface area contributed by atoms with Crippen molar-refractivity contribution in [1.82, 2.24) is 0 Å². The van der Waals surface area contributed by atoms with Gasteiger partial charge in [0, 0.05) is 6.61 Å². The van der Waals surface area contributed by atoms with E-state index in [4.69, 9.17) is 9.47 Å². The van der Waals surface area contributed by atoms with E-state index in [1.54, 1.807) is 0 Å². The highest BCUT2D eigenvalue weighted by Gasteiger charge is 2.17. The summed E-state index contributed by atoms with van der Waals surface area (Å²) in [5.41, 5.74) is 2.29. The summed E-state index contributed by atoms with van der Waals surface area (Å²) in [6.45, 7) is 4.10. The van der Waals surface area contributed by atoms with Crippen LogP contribution in [0, 0.1) is 0 Å². The van der Waals surface area contributed by atoms with Crippen LogP contribution < -0.4 is 4.74 Å². The molecule has 1 aliphatic carbocycles. The van der Waals surface area contributed by atoms with Crippen LogP contribution in [0.3, 0.4) is 0 Å². The lowest BCUT2D eigenvalue weighted by molar-refractivity contribution is 0.100. The fourth-order valence-electron chi connectivity index (χ4n) is 2.32. The number of benzene rings is 1. The van der Waals surface area contributed by atoms with Gasteiger partial charge in [-0.1, -0.05) is 13.0 Å². The van der Waals surface area contributed by atoms with Crippen LogP contribution in [-0.4, -0.2) is 24.9 Å². The van der Waals surface area contributed by atoms with Crippen LogP contribution in [0.25, 0.3) is 0 Å². The van der Waals surface area contributed by atoms with Crippen molar-refractivity contribution in [1.29, 1.82) is 0 Å². The Kier molecular flexibility index (Phi) is 5.02. The Morgan fingerprint density at radius 1 is 1.28 bits per heavy atom. The van der Waals surface area contributed by atoms with Crippen molar-refractivity contribution >= 4 is 0 Å². The average molecular weight is 250 g/mol. The fourth-order valence-corrected chi connectivity index (χ4v) is 2.32. The molecule has 1 N–H and O–H groups in total. The van der Waals surface area contributed by atoms with Crippen molar-refractivity contribution in [3.05, 3.63) is 29.3 Å². The Bertz CT molecular complexity index is 376. The molecule has 1 atom stereocenters. The average Bonchev–Trinajstić information content (AvgIpc) is 2.39. The number of hydrogen-bond acceptors (Lipinski definition) is 3. The van der Waals surface area contributed by atoms with Crippen LogP contribution in [0.1, 0.15) is 43.4 Å². The quantitative estimate of drug-likeness (QED) is 0.789. The molecule has 1 aromatic carbocycles. The molecule has 3 heteroatoms. The van der Waals surface area contributed by atoms with Gasteiger partial charge >= 0.3 is 0 Å². The van der Waals surface area contributed by atoms with Gasteiger partial charge in [-0.3, -0.25) is 0 Å². The normalized spacial score (nSPS) is 18.4. The molecule has 0 spiro atoms. The standard InChI is InChI=1S/C15H22O3/c1-2-8-17-9-10-18-13-6-7-14-12(11-13)4-3-5-15(14)16/h6-7,11,15-16H,2-5,8-10H2,1H3. The van der Waals surface area contributed by atoms with Gasteiger partial charge < -0.3 is 14.6 Å². The molecule has 1 unspecified atom stereocenters. The summed E-state index contributed by atoms with van der Waals surface area (Å²) >= 11 is 0. The molecule has 0 saturated heterocycles. The molecule has 0 amide bonds. The zero-order valence-electron chi connectivity index (χ0n) is 11.0. The van der Waals surface area contributed by atoms with Crippen LogP contribution in [0.2, 0.25) is 0 Å². The van der Waals surface area contributed by atoms with E-state index in [1.807, 2.05) is 12.1 Å². The molecule has 3 nitrogen and oxygen atoms in total. The first-order chi connectivity index (χ1) is 8.81. The van der Waals surface area contributed by atoms with Gasteiger partial charge in [0.1, 0.15) is 12.4 Å². The highest BCUT2D eigenvalue weighted by atomic mass is 16.5. The van der Waals surface area contributed by atoms with Crippen LogP contribution in [0.5, 0.6) is 5.75 Å². The minimum absolute atomic E-state index is 0.296. The molecule has 0 aromatic heterocycles. The lowest BCUT2D eigenvalue weighted by Gasteiger charge is -2.21. The Morgan fingerprint density at radius 2 is 2.17 bits per heavy atom. The summed E-state index contributed by atoms with van der Waals surface area (Å²) in [6, 6.07) is 5.98. The van der Waals surface area contributed by atoms with Crippen LogP contribution in [0.4, 0.5) is 0 Å². The van der Waals surface area contributed by atoms with Gasteiger partial charge in [-0.05, 0) is 48.9 Å². The zero-order chi connectivity index (χ0) is 12.8. The van der Waals surface area contributed by atoms with Crippen molar-refractivity contribution in [2.75, 3.05) is 19.8 Å². The zero-order valence-corrected chi connectivity index (χ0v) is 11.0. The van der Waals surface area contributed by atoms with E-state index < -0.39 is 0 Å². The largest absolute Gasteiger partial charge is 0.491 e. The van der Waals surface area contributed by atoms with Gasteiger partial charge in [-0.15, -0.1) is 0 Å². The van der Waals surface area contributed by atoms with Crippen molar-refractivity contribution in [2.24, 2.45) is 0 Å². The SMILES string of the molecule is CCCOCCOc1ccc2c(c1)CCCC2O. The first-order valence-electron chi connectivity index (χ1n) is 6.82. The topological polar surface area (TPSA) is 38.7 Å². The molecular weight excluding hydrogens is 228 g/mol. The molecule has 0 fully saturated rings. The molecule has 0 aliphatic heterocycles. The van der Waals surface area contributed by atoms with Crippen LogP contribution in [-0.2, 0) is 11.2 Å². The van der Waals surface area contributed by atoms with E-state index in [0.29, 0.717) is 13.2 Å². The van der Waals surface area contributed by atoms with Gasteiger partial charge in [0.2, 0.25) is 0 Å². The summed E-state index contributed by atoms with van der Waals surface area (Å²) in [7, 11) is 0. The molecule has 1 aromatic rings. The van der Waals surface area contributed by atoms with Gasteiger partial charge in [-0.2, -0.15) is 0 Å². The first-order valence-corrected chi connectivity index (χ1v) is 6.82. The molecule has 1 aliphatic rings. The molecular formula is C15H22O3. The van der Waals surface area contributed by atoms with E-state index in [9.17, 15) is 5.11 Å². The van der Waals surface area contributed by atoms with E-state index in [0.717, 1.165) is 43.6 Å². The lowest BCUT2D eigenvalue weighted by atomic mass is 9.89. The maximum absolute atomic E-state index is 9.86. The second kappa shape index (κ2) is 6.76. The third kappa shape index (κ3) is 3.47. The van der Waals surface area contributed by atoms with E-state index in [2.05, 4.69) is 13.0 Å². The predicted octanol–water partition coefficient (Wildman–Crippen LogP) is 2.86. The van der Waals surface area contributed by atoms with Crippen LogP contribution >= 0.6 is 0 Å². The summed E-state index contributed by atoms with van der Waals surface area (Å²) < 4.78 is 11.0. The molecule has 0 heterocycles. The second-order valence-electron chi connectivity index (χ2n) is 4.73. The molecule has 0 bridgehead atoms. The summed E-state index contributed by atoms with van der Waals surface area (Å²) in [6.07, 6.45) is 3.71. The van der Waals surface area contributed by atoms with Gasteiger partial charge in [0.15, 0.2) is 0 Å².